The van der Waals surface area contributed by atoms with Gasteiger partial charge in [0.1, 0.15) is 12.0 Å². The van der Waals surface area contributed by atoms with Gasteiger partial charge in [-0.1, -0.05) is 12.1 Å². The minimum Gasteiger partial charge on any atom is -0.357 e. The number of halogens is 1. The van der Waals surface area contributed by atoms with Crippen LogP contribution in [0.4, 0.5) is 11.5 Å². The second-order valence-corrected chi connectivity index (χ2v) is 8.21. The highest BCUT2D eigenvalue weighted by atomic mass is 35.5. The number of anilines is 2. The third-order valence-electron chi connectivity index (χ3n) is 5.73. The van der Waals surface area contributed by atoms with Crippen molar-refractivity contribution in [2.75, 3.05) is 11.9 Å². The molecule has 2 aliphatic heterocycles. The Morgan fingerprint density at radius 2 is 2.00 bits per heavy atom. The van der Waals surface area contributed by atoms with Crippen LogP contribution in [-0.4, -0.2) is 37.2 Å². The zero-order valence-electron chi connectivity index (χ0n) is 17.2. The summed E-state index contributed by atoms with van der Waals surface area (Å²) in [6, 6.07) is 8.06. The van der Waals surface area contributed by atoms with E-state index in [-0.39, 0.29) is 17.4 Å². The molecule has 2 aliphatic rings. The Labute approximate surface area is 185 Å². The number of aromatic nitrogens is 4. The molecule has 9 heteroatoms. The summed E-state index contributed by atoms with van der Waals surface area (Å²) in [5, 5.41) is 7.98. The van der Waals surface area contributed by atoms with Crippen molar-refractivity contribution in [1.82, 2.24) is 24.6 Å². The normalized spacial score (nSPS) is 18.1. The number of carbonyl (C=O) groups excluding carboxylic acids is 1. The summed E-state index contributed by atoms with van der Waals surface area (Å²) < 4.78 is 7.72. The molecule has 2 aromatic heterocycles. The highest BCUT2D eigenvalue weighted by Crippen LogP contribution is 2.31. The van der Waals surface area contributed by atoms with Crippen molar-refractivity contribution in [2.24, 2.45) is 0 Å². The van der Waals surface area contributed by atoms with Crippen molar-refractivity contribution in [3.05, 3.63) is 53.2 Å². The van der Waals surface area contributed by atoms with E-state index in [1.807, 2.05) is 41.3 Å². The van der Waals surface area contributed by atoms with Crippen LogP contribution in [-0.2, 0) is 22.6 Å². The topological polar surface area (TPSA) is 85.2 Å². The summed E-state index contributed by atoms with van der Waals surface area (Å²) in [6.07, 6.45) is 7.22. The molecule has 0 saturated carbocycles. The lowest BCUT2D eigenvalue weighted by Crippen LogP contribution is -2.21. The molecule has 1 aromatic carbocycles. The maximum absolute atomic E-state index is 11.8. The molecular weight excluding hydrogens is 416 g/mol. The van der Waals surface area contributed by atoms with Gasteiger partial charge in [0.2, 0.25) is 11.2 Å². The minimum atomic E-state index is 0.00333. The zero-order valence-corrected chi connectivity index (χ0v) is 18.0. The molecule has 0 bridgehead atoms. The molecule has 1 atom stereocenters. The van der Waals surface area contributed by atoms with Crippen molar-refractivity contribution in [3.8, 4) is 11.1 Å². The summed E-state index contributed by atoms with van der Waals surface area (Å²) in [5.41, 5.74) is 4.68. The van der Waals surface area contributed by atoms with Crippen molar-refractivity contribution in [3.63, 3.8) is 0 Å². The van der Waals surface area contributed by atoms with Crippen LogP contribution < -0.4 is 5.32 Å². The summed E-state index contributed by atoms with van der Waals surface area (Å²) in [4.78, 5) is 22.1. The lowest BCUT2D eigenvalue weighted by atomic mass is 10.1. The maximum Gasteiger partial charge on any atom is 0.224 e. The number of rotatable bonds is 4. The molecule has 0 aliphatic carbocycles. The van der Waals surface area contributed by atoms with Crippen molar-refractivity contribution in [2.45, 2.75) is 45.5 Å². The van der Waals surface area contributed by atoms with Crippen molar-refractivity contribution in [1.29, 1.82) is 0 Å². The first-order valence-electron chi connectivity index (χ1n) is 10.4. The van der Waals surface area contributed by atoms with Gasteiger partial charge in [-0.05, 0) is 48.6 Å². The van der Waals surface area contributed by atoms with Crippen LogP contribution in [0.5, 0.6) is 0 Å². The lowest BCUT2D eigenvalue weighted by molar-refractivity contribution is -0.129. The molecule has 1 saturated heterocycles. The Morgan fingerprint density at radius 3 is 2.74 bits per heavy atom. The van der Waals surface area contributed by atoms with E-state index in [4.69, 9.17) is 16.3 Å². The molecule has 1 unspecified atom stereocenters. The molecular formula is C22H23ClN6O2. The van der Waals surface area contributed by atoms with Crippen LogP contribution in [0.3, 0.4) is 0 Å². The fourth-order valence-corrected chi connectivity index (χ4v) is 4.20. The fourth-order valence-electron chi connectivity index (χ4n) is 4.01. The number of nitrogens with one attached hydrogen (secondary N) is 1. The van der Waals surface area contributed by atoms with Crippen LogP contribution in [0, 0.1) is 0 Å². The van der Waals surface area contributed by atoms with Gasteiger partial charge >= 0.3 is 0 Å². The SMILES string of the molecule is CC(=O)N1Cc2nc(Cl)nc(Nc3ccc(-c4cnn(C5CCCCO5)c4)cc3)c2C1. The van der Waals surface area contributed by atoms with E-state index < -0.39 is 0 Å². The first-order valence-corrected chi connectivity index (χ1v) is 10.8. The van der Waals surface area contributed by atoms with Gasteiger partial charge in [-0.15, -0.1) is 0 Å². The molecule has 0 radical (unpaired) electrons. The first-order chi connectivity index (χ1) is 15.1. The average Bonchev–Trinajstić information content (AvgIpc) is 3.43. The molecule has 31 heavy (non-hydrogen) atoms. The Balaban J connectivity index is 1.33. The first kappa shape index (κ1) is 20.0. The fraction of sp³-hybridized carbons (Fsp3) is 0.364. The molecule has 1 N–H and O–H groups in total. The molecule has 1 amide bonds. The minimum absolute atomic E-state index is 0.00333. The Kier molecular flexibility index (Phi) is 5.33. The number of ether oxygens (including phenoxy) is 1. The van der Waals surface area contributed by atoms with Gasteiger partial charge in [0, 0.05) is 36.5 Å². The van der Waals surface area contributed by atoms with E-state index in [1.54, 1.807) is 11.8 Å². The van der Waals surface area contributed by atoms with Crippen LogP contribution in [0.1, 0.15) is 43.7 Å². The lowest BCUT2D eigenvalue weighted by Gasteiger charge is -2.22. The number of hydrogen-bond acceptors (Lipinski definition) is 6. The Hall–Kier alpha value is -2.97. The van der Waals surface area contributed by atoms with E-state index in [9.17, 15) is 4.79 Å². The molecule has 160 valence electrons. The summed E-state index contributed by atoms with van der Waals surface area (Å²) in [5.74, 6) is 0.636. The van der Waals surface area contributed by atoms with Crippen LogP contribution in [0.25, 0.3) is 11.1 Å². The van der Waals surface area contributed by atoms with Gasteiger partial charge in [0.05, 0.1) is 25.0 Å². The van der Waals surface area contributed by atoms with Crippen LogP contribution >= 0.6 is 11.6 Å². The smallest absolute Gasteiger partial charge is 0.224 e. The number of fused-ring (bicyclic) bond motifs is 1. The van der Waals surface area contributed by atoms with Crippen LogP contribution in [0.2, 0.25) is 5.28 Å². The third kappa shape index (κ3) is 4.13. The highest BCUT2D eigenvalue weighted by molar-refractivity contribution is 6.28. The van der Waals surface area contributed by atoms with Gasteiger partial charge < -0.3 is 15.0 Å². The van der Waals surface area contributed by atoms with Gasteiger partial charge in [-0.2, -0.15) is 5.10 Å². The Morgan fingerprint density at radius 1 is 1.16 bits per heavy atom. The predicted molar refractivity (Wildman–Crippen MR) is 117 cm³/mol. The summed E-state index contributed by atoms with van der Waals surface area (Å²) in [6.45, 7) is 3.27. The van der Waals surface area contributed by atoms with E-state index in [2.05, 4.69) is 20.4 Å². The third-order valence-corrected chi connectivity index (χ3v) is 5.90. The molecule has 5 rings (SSSR count). The second kappa shape index (κ2) is 8.28. The van der Waals surface area contributed by atoms with E-state index in [0.717, 1.165) is 47.5 Å². The van der Waals surface area contributed by atoms with Crippen molar-refractivity contribution >= 4 is 29.0 Å². The number of benzene rings is 1. The van der Waals surface area contributed by atoms with Gasteiger partial charge in [0.15, 0.2) is 0 Å². The summed E-state index contributed by atoms with van der Waals surface area (Å²) in [7, 11) is 0. The molecule has 1 fully saturated rings. The maximum atomic E-state index is 11.8. The monoisotopic (exact) mass is 438 g/mol. The number of amides is 1. The Bertz CT molecular complexity index is 1110. The second-order valence-electron chi connectivity index (χ2n) is 7.87. The van der Waals surface area contributed by atoms with E-state index in [0.29, 0.717) is 18.9 Å². The van der Waals surface area contributed by atoms with Crippen LogP contribution in [0.15, 0.2) is 36.7 Å². The molecule has 3 aromatic rings. The zero-order chi connectivity index (χ0) is 21.4. The quantitative estimate of drug-likeness (QED) is 0.611. The van der Waals surface area contributed by atoms with E-state index >= 15 is 0 Å². The number of hydrogen-bond donors (Lipinski definition) is 1. The largest absolute Gasteiger partial charge is 0.357 e. The highest BCUT2D eigenvalue weighted by Gasteiger charge is 2.26. The number of nitrogens with zero attached hydrogens (tertiary/aromatic N) is 5. The van der Waals surface area contributed by atoms with Gasteiger partial charge in [-0.25, -0.2) is 14.6 Å². The van der Waals surface area contributed by atoms with Gasteiger partial charge in [0.25, 0.3) is 0 Å². The molecule has 4 heterocycles. The van der Waals surface area contributed by atoms with Gasteiger partial charge in [-0.3, -0.25) is 4.79 Å². The van der Waals surface area contributed by atoms with E-state index in [1.165, 1.54) is 6.42 Å². The molecule has 8 nitrogen and oxygen atoms in total. The predicted octanol–water partition coefficient (Wildman–Crippen LogP) is 4.30. The average molecular weight is 439 g/mol. The number of carbonyl (C=O) groups is 1. The van der Waals surface area contributed by atoms with Crippen molar-refractivity contribution < 1.29 is 9.53 Å². The standard InChI is InChI=1S/C22H23ClN6O2/c1-14(30)28-12-18-19(13-28)26-22(23)27-21(18)25-17-7-5-15(6-8-17)16-10-24-29(11-16)20-4-2-3-9-31-20/h5-8,10-11,20H,2-4,9,12-13H2,1H3,(H,25,26,27). The molecule has 0 spiro atoms. The summed E-state index contributed by atoms with van der Waals surface area (Å²) >= 11 is 6.11.